The first-order valence-corrected chi connectivity index (χ1v) is 7.59. The first-order chi connectivity index (χ1) is 8.58. The van der Waals surface area contributed by atoms with Crippen LogP contribution in [0.4, 0.5) is 5.69 Å². The molecule has 2 unspecified atom stereocenters. The van der Waals surface area contributed by atoms with Crippen LogP contribution >= 0.6 is 15.9 Å². The van der Waals surface area contributed by atoms with Crippen molar-refractivity contribution in [1.29, 1.82) is 0 Å². The highest BCUT2D eigenvalue weighted by molar-refractivity contribution is 9.10. The van der Waals surface area contributed by atoms with Crippen LogP contribution in [-0.2, 0) is 0 Å². The Labute approximate surface area is 118 Å². The first-order valence-electron chi connectivity index (χ1n) is 6.80. The summed E-state index contributed by atoms with van der Waals surface area (Å²) in [6.07, 6.45) is 3.39. The van der Waals surface area contributed by atoms with Gasteiger partial charge in [0.05, 0.1) is 6.10 Å². The van der Waals surface area contributed by atoms with Crippen LogP contribution in [0, 0.1) is 5.92 Å². The highest BCUT2D eigenvalue weighted by atomic mass is 79.9. The maximum atomic E-state index is 9.93. The second kappa shape index (κ2) is 6.07. The lowest BCUT2D eigenvalue weighted by atomic mass is 10.0. The summed E-state index contributed by atoms with van der Waals surface area (Å²) in [6.45, 7) is 6.38. The molecule has 0 aromatic heterocycles. The molecule has 1 heterocycles. The van der Waals surface area contributed by atoms with Crippen molar-refractivity contribution in [1.82, 2.24) is 0 Å². The summed E-state index contributed by atoms with van der Waals surface area (Å²) in [4.78, 5) is 2.43. The largest absolute Gasteiger partial charge is 0.389 e. The standard InChI is InChI=1S/C15H22BrNO/c1-11-4-3-8-17(9-7-11)15-6-5-13(16)10-14(15)12(2)18/h5-6,10-12,18H,3-4,7-9H2,1-2H3. The quantitative estimate of drug-likeness (QED) is 0.887. The van der Waals surface area contributed by atoms with Crippen molar-refractivity contribution in [3.05, 3.63) is 28.2 Å². The number of benzene rings is 1. The van der Waals surface area contributed by atoms with E-state index in [9.17, 15) is 5.11 Å². The van der Waals surface area contributed by atoms with Crippen molar-refractivity contribution < 1.29 is 5.11 Å². The maximum absolute atomic E-state index is 9.93. The molecule has 0 radical (unpaired) electrons. The predicted octanol–water partition coefficient (Wildman–Crippen LogP) is 4.13. The van der Waals surface area contributed by atoms with Gasteiger partial charge in [-0.3, -0.25) is 0 Å². The zero-order chi connectivity index (χ0) is 13.1. The molecule has 1 saturated heterocycles. The summed E-state index contributed by atoms with van der Waals surface area (Å²) in [5.41, 5.74) is 2.22. The Hall–Kier alpha value is -0.540. The number of halogens is 1. The molecule has 1 N–H and O–H groups in total. The molecule has 18 heavy (non-hydrogen) atoms. The van der Waals surface area contributed by atoms with Crippen LogP contribution in [0.15, 0.2) is 22.7 Å². The van der Waals surface area contributed by atoms with E-state index in [2.05, 4.69) is 39.9 Å². The van der Waals surface area contributed by atoms with E-state index in [4.69, 9.17) is 0 Å². The third kappa shape index (κ3) is 3.27. The molecule has 0 bridgehead atoms. The molecule has 0 saturated carbocycles. The molecule has 0 amide bonds. The Bertz CT molecular complexity index is 405. The van der Waals surface area contributed by atoms with Gasteiger partial charge in [-0.05, 0) is 50.3 Å². The van der Waals surface area contributed by atoms with E-state index in [0.717, 1.165) is 29.0 Å². The lowest BCUT2D eigenvalue weighted by Crippen LogP contribution is -2.25. The third-order valence-corrected chi connectivity index (χ3v) is 4.29. The average molecular weight is 312 g/mol. The Morgan fingerprint density at radius 3 is 2.83 bits per heavy atom. The number of rotatable bonds is 2. The molecule has 1 aromatic carbocycles. The normalized spacial score (nSPS) is 22.7. The second-order valence-corrected chi connectivity index (χ2v) is 6.32. The van der Waals surface area contributed by atoms with Gasteiger partial charge in [0.1, 0.15) is 0 Å². The number of anilines is 1. The zero-order valence-corrected chi connectivity index (χ0v) is 12.8. The minimum Gasteiger partial charge on any atom is -0.389 e. The van der Waals surface area contributed by atoms with Gasteiger partial charge in [-0.25, -0.2) is 0 Å². The van der Waals surface area contributed by atoms with Crippen LogP contribution in [0.5, 0.6) is 0 Å². The van der Waals surface area contributed by atoms with Gasteiger partial charge in [0.25, 0.3) is 0 Å². The smallest absolute Gasteiger partial charge is 0.0782 e. The van der Waals surface area contributed by atoms with Crippen LogP contribution in [0.3, 0.4) is 0 Å². The second-order valence-electron chi connectivity index (χ2n) is 5.40. The molecule has 3 heteroatoms. The number of aliphatic hydroxyl groups excluding tert-OH is 1. The number of aliphatic hydroxyl groups is 1. The fourth-order valence-corrected chi connectivity index (χ4v) is 3.03. The molecule has 2 rings (SSSR count). The van der Waals surface area contributed by atoms with E-state index in [1.807, 2.05) is 13.0 Å². The molecular weight excluding hydrogens is 290 g/mol. The zero-order valence-electron chi connectivity index (χ0n) is 11.2. The van der Waals surface area contributed by atoms with Crippen molar-refractivity contribution in [2.75, 3.05) is 18.0 Å². The number of hydrogen-bond acceptors (Lipinski definition) is 2. The predicted molar refractivity (Wildman–Crippen MR) is 80.0 cm³/mol. The van der Waals surface area contributed by atoms with E-state index in [-0.39, 0.29) is 0 Å². The Kier molecular flexibility index (Phi) is 4.68. The SMILES string of the molecule is CC1CCCN(c2ccc(Br)cc2C(C)O)CC1. The van der Waals surface area contributed by atoms with E-state index in [0.29, 0.717) is 0 Å². The van der Waals surface area contributed by atoms with Gasteiger partial charge in [0.15, 0.2) is 0 Å². The molecule has 2 nitrogen and oxygen atoms in total. The Balaban J connectivity index is 2.26. The Morgan fingerprint density at radius 2 is 2.11 bits per heavy atom. The first kappa shape index (κ1) is 13.9. The fraction of sp³-hybridized carbons (Fsp3) is 0.600. The number of hydrogen-bond donors (Lipinski definition) is 1. The van der Waals surface area contributed by atoms with Crippen molar-refractivity contribution in [2.45, 2.75) is 39.2 Å². The van der Waals surface area contributed by atoms with Crippen molar-refractivity contribution >= 4 is 21.6 Å². The van der Waals surface area contributed by atoms with E-state index in [1.165, 1.54) is 24.9 Å². The summed E-state index contributed by atoms with van der Waals surface area (Å²) in [7, 11) is 0. The topological polar surface area (TPSA) is 23.5 Å². The number of nitrogens with zero attached hydrogens (tertiary/aromatic N) is 1. The minimum absolute atomic E-state index is 0.418. The maximum Gasteiger partial charge on any atom is 0.0782 e. The van der Waals surface area contributed by atoms with Gasteiger partial charge in [-0.1, -0.05) is 22.9 Å². The van der Waals surface area contributed by atoms with Gasteiger partial charge in [-0.2, -0.15) is 0 Å². The van der Waals surface area contributed by atoms with Crippen LogP contribution < -0.4 is 4.90 Å². The van der Waals surface area contributed by atoms with Gasteiger partial charge >= 0.3 is 0 Å². The molecule has 0 spiro atoms. The van der Waals surface area contributed by atoms with Gasteiger partial charge < -0.3 is 10.0 Å². The molecule has 1 aliphatic heterocycles. The van der Waals surface area contributed by atoms with Crippen molar-refractivity contribution in [3.63, 3.8) is 0 Å². The van der Waals surface area contributed by atoms with Crippen LogP contribution in [0.25, 0.3) is 0 Å². The lowest BCUT2D eigenvalue weighted by molar-refractivity contribution is 0.199. The summed E-state index contributed by atoms with van der Waals surface area (Å²) in [5, 5.41) is 9.93. The van der Waals surface area contributed by atoms with E-state index in [1.54, 1.807) is 0 Å². The Morgan fingerprint density at radius 1 is 1.33 bits per heavy atom. The molecule has 1 aliphatic rings. The molecule has 1 aromatic rings. The summed E-state index contributed by atoms with van der Waals surface area (Å²) in [6, 6.07) is 6.23. The van der Waals surface area contributed by atoms with Crippen LogP contribution in [0.1, 0.15) is 44.8 Å². The van der Waals surface area contributed by atoms with Gasteiger partial charge in [0, 0.05) is 28.8 Å². The summed E-state index contributed by atoms with van der Waals surface area (Å²) < 4.78 is 1.03. The highest BCUT2D eigenvalue weighted by Crippen LogP contribution is 2.31. The van der Waals surface area contributed by atoms with Gasteiger partial charge in [-0.15, -0.1) is 0 Å². The molecule has 0 aliphatic carbocycles. The van der Waals surface area contributed by atoms with Crippen molar-refractivity contribution in [3.8, 4) is 0 Å². The summed E-state index contributed by atoms with van der Waals surface area (Å²) in [5.74, 6) is 0.820. The van der Waals surface area contributed by atoms with Gasteiger partial charge in [0.2, 0.25) is 0 Å². The molecule has 1 fully saturated rings. The van der Waals surface area contributed by atoms with Crippen LogP contribution in [-0.4, -0.2) is 18.2 Å². The minimum atomic E-state index is -0.418. The lowest BCUT2D eigenvalue weighted by Gasteiger charge is -2.26. The van der Waals surface area contributed by atoms with E-state index < -0.39 is 6.10 Å². The van der Waals surface area contributed by atoms with Crippen LogP contribution in [0.2, 0.25) is 0 Å². The molecule has 100 valence electrons. The van der Waals surface area contributed by atoms with E-state index >= 15 is 0 Å². The molecular formula is C15H22BrNO. The molecule has 2 atom stereocenters. The highest BCUT2D eigenvalue weighted by Gasteiger charge is 2.18. The average Bonchev–Trinajstić information content (AvgIpc) is 2.54. The fourth-order valence-electron chi connectivity index (χ4n) is 2.65. The third-order valence-electron chi connectivity index (χ3n) is 3.80. The van der Waals surface area contributed by atoms with Crippen molar-refractivity contribution in [2.24, 2.45) is 5.92 Å². The summed E-state index contributed by atoms with van der Waals surface area (Å²) >= 11 is 3.48. The monoisotopic (exact) mass is 311 g/mol.